The highest BCUT2D eigenvalue weighted by atomic mass is 32.2. The molecule has 1 amide bonds. The molecule has 164 valence electrons. The number of aryl methyl sites for hydroxylation is 1. The van der Waals surface area contributed by atoms with Gasteiger partial charge in [-0.1, -0.05) is 18.6 Å². The van der Waals surface area contributed by atoms with E-state index >= 15 is 0 Å². The quantitative estimate of drug-likeness (QED) is 0.653. The fourth-order valence-corrected chi connectivity index (χ4v) is 5.36. The number of amides is 1. The van der Waals surface area contributed by atoms with Crippen LogP contribution in [0.4, 0.5) is 5.69 Å². The number of aromatic nitrogens is 1. The Labute approximate surface area is 180 Å². The predicted molar refractivity (Wildman–Crippen MR) is 118 cm³/mol. The first-order valence-corrected chi connectivity index (χ1v) is 11.7. The molecule has 0 spiro atoms. The Bertz CT molecular complexity index is 1300. The summed E-state index contributed by atoms with van der Waals surface area (Å²) >= 11 is 0. The van der Waals surface area contributed by atoms with Crippen molar-refractivity contribution in [3.05, 3.63) is 58.1 Å². The topological polar surface area (TPSA) is 102 Å². The van der Waals surface area contributed by atoms with Crippen LogP contribution in [0, 0.1) is 13.8 Å². The van der Waals surface area contributed by atoms with Crippen LogP contribution < -0.4 is 11.1 Å². The van der Waals surface area contributed by atoms with Gasteiger partial charge in [0.25, 0.3) is 0 Å². The van der Waals surface area contributed by atoms with Crippen molar-refractivity contribution < 1.29 is 17.6 Å². The number of nitrogens with zero attached hydrogens (tertiary/aromatic N) is 2. The number of carbonyl (C=O) groups excluding carboxylic acids is 1. The largest absolute Gasteiger partial charge is 0.420 e. The first kappa shape index (κ1) is 21.3. The van der Waals surface area contributed by atoms with Crippen LogP contribution in [0.2, 0.25) is 0 Å². The van der Waals surface area contributed by atoms with E-state index in [9.17, 15) is 18.0 Å². The van der Waals surface area contributed by atoms with Gasteiger partial charge in [-0.3, -0.25) is 9.36 Å². The summed E-state index contributed by atoms with van der Waals surface area (Å²) in [6, 6.07) is 9.94. The molecule has 31 heavy (non-hydrogen) atoms. The zero-order chi connectivity index (χ0) is 22.2. The first-order valence-electron chi connectivity index (χ1n) is 10.3. The standard InChI is InChI=1S/C22H25N3O5S/c1-15-7-6-8-18(16(15)2)23-21(26)14-25-19-10-9-17(13-20(19)30-22(25)27)31(28,29)24-11-4-3-5-12-24/h6-10,13H,3-5,11-12,14H2,1-2H3,(H,23,26). The van der Waals surface area contributed by atoms with Gasteiger partial charge in [-0.15, -0.1) is 0 Å². The van der Waals surface area contributed by atoms with Gasteiger partial charge in [0.05, 0.1) is 10.4 Å². The number of rotatable bonds is 5. The molecule has 8 nitrogen and oxygen atoms in total. The minimum atomic E-state index is -3.65. The number of oxazole rings is 1. The highest BCUT2D eigenvalue weighted by Gasteiger charge is 2.27. The van der Waals surface area contributed by atoms with Gasteiger partial charge < -0.3 is 9.73 Å². The van der Waals surface area contributed by atoms with Crippen molar-refractivity contribution in [2.45, 2.75) is 44.6 Å². The third-order valence-corrected chi connectivity index (χ3v) is 7.67. The van der Waals surface area contributed by atoms with Crippen LogP contribution in [0.15, 0.2) is 50.5 Å². The summed E-state index contributed by atoms with van der Waals surface area (Å²) in [5.74, 6) is -1.08. The SMILES string of the molecule is Cc1cccc(NC(=O)Cn2c(=O)oc3cc(S(=O)(=O)N4CCCCC4)ccc32)c1C. The molecule has 3 aromatic rings. The number of sulfonamides is 1. The molecule has 2 heterocycles. The monoisotopic (exact) mass is 443 g/mol. The predicted octanol–water partition coefficient (Wildman–Crippen LogP) is 3.02. The molecule has 0 aliphatic carbocycles. The fraction of sp³-hybridized carbons (Fsp3) is 0.364. The molecule has 2 aromatic carbocycles. The van der Waals surface area contributed by atoms with Crippen LogP contribution in [0.3, 0.4) is 0 Å². The minimum absolute atomic E-state index is 0.0858. The second-order valence-electron chi connectivity index (χ2n) is 7.84. The number of carbonyl (C=O) groups is 1. The van der Waals surface area contributed by atoms with Gasteiger partial charge in [0.2, 0.25) is 15.9 Å². The third kappa shape index (κ3) is 4.15. The van der Waals surface area contributed by atoms with Crippen LogP contribution in [-0.2, 0) is 21.4 Å². The zero-order valence-electron chi connectivity index (χ0n) is 17.6. The van der Waals surface area contributed by atoms with E-state index in [1.165, 1.54) is 27.1 Å². The van der Waals surface area contributed by atoms with E-state index in [-0.39, 0.29) is 22.9 Å². The number of nitrogens with one attached hydrogen (secondary N) is 1. The molecule has 1 aliphatic heterocycles. The summed E-state index contributed by atoms with van der Waals surface area (Å²) in [6.07, 6.45) is 2.69. The van der Waals surface area contributed by atoms with Gasteiger partial charge in [-0.2, -0.15) is 4.31 Å². The Morgan fingerprint density at radius 3 is 2.58 bits per heavy atom. The third-order valence-electron chi connectivity index (χ3n) is 5.77. The van der Waals surface area contributed by atoms with Gasteiger partial charge in [0.1, 0.15) is 6.54 Å². The second-order valence-corrected chi connectivity index (χ2v) is 9.78. The zero-order valence-corrected chi connectivity index (χ0v) is 18.4. The first-order chi connectivity index (χ1) is 14.8. The van der Waals surface area contributed by atoms with Crippen molar-refractivity contribution in [2.24, 2.45) is 0 Å². The Morgan fingerprint density at radius 1 is 1.10 bits per heavy atom. The average molecular weight is 444 g/mol. The van der Waals surface area contributed by atoms with E-state index in [0.717, 1.165) is 30.4 Å². The molecule has 1 N–H and O–H groups in total. The molecule has 0 saturated carbocycles. The fourth-order valence-electron chi connectivity index (χ4n) is 3.83. The van der Waals surface area contributed by atoms with E-state index < -0.39 is 15.8 Å². The van der Waals surface area contributed by atoms with Crippen molar-refractivity contribution in [3.8, 4) is 0 Å². The number of hydrogen-bond donors (Lipinski definition) is 1. The number of fused-ring (bicyclic) bond motifs is 1. The normalized spacial score (nSPS) is 15.3. The smallest absolute Gasteiger partial charge is 0.408 e. The lowest BCUT2D eigenvalue weighted by atomic mass is 10.1. The van der Waals surface area contributed by atoms with E-state index in [1.54, 1.807) is 6.07 Å². The lowest BCUT2D eigenvalue weighted by Gasteiger charge is -2.25. The maximum Gasteiger partial charge on any atom is 0.420 e. The van der Waals surface area contributed by atoms with Crippen molar-refractivity contribution in [3.63, 3.8) is 0 Å². The van der Waals surface area contributed by atoms with Gasteiger partial charge in [-0.05, 0) is 56.0 Å². The molecule has 1 saturated heterocycles. The molecule has 0 atom stereocenters. The summed E-state index contributed by atoms with van der Waals surface area (Å²) in [7, 11) is -3.65. The van der Waals surface area contributed by atoms with Crippen LogP contribution in [0.25, 0.3) is 11.1 Å². The van der Waals surface area contributed by atoms with E-state index in [2.05, 4.69) is 5.32 Å². The summed E-state index contributed by atoms with van der Waals surface area (Å²) in [5, 5.41) is 2.82. The maximum absolute atomic E-state index is 12.9. The van der Waals surface area contributed by atoms with E-state index in [0.29, 0.717) is 24.3 Å². The van der Waals surface area contributed by atoms with Crippen LogP contribution in [0.1, 0.15) is 30.4 Å². The molecule has 0 unspecified atom stereocenters. The Kier molecular flexibility index (Phi) is 5.72. The minimum Gasteiger partial charge on any atom is -0.408 e. The van der Waals surface area contributed by atoms with Crippen LogP contribution >= 0.6 is 0 Å². The molecule has 1 aliphatic rings. The number of benzene rings is 2. The van der Waals surface area contributed by atoms with E-state index in [1.807, 2.05) is 26.0 Å². The maximum atomic E-state index is 12.9. The molecule has 0 bridgehead atoms. The summed E-state index contributed by atoms with van der Waals surface area (Å²) < 4.78 is 33.7. The molecule has 4 rings (SSSR count). The van der Waals surface area contributed by atoms with Gasteiger partial charge in [-0.25, -0.2) is 13.2 Å². The lowest BCUT2D eigenvalue weighted by Crippen LogP contribution is -2.35. The molecule has 1 aromatic heterocycles. The summed E-state index contributed by atoms with van der Waals surface area (Å²) in [6.45, 7) is 4.61. The van der Waals surface area contributed by atoms with Crippen LogP contribution in [-0.4, -0.2) is 36.3 Å². The Hall–Kier alpha value is -2.91. The molecule has 0 radical (unpaired) electrons. The van der Waals surface area contributed by atoms with Gasteiger partial charge in [0.15, 0.2) is 5.58 Å². The highest BCUT2D eigenvalue weighted by Crippen LogP contribution is 2.24. The lowest BCUT2D eigenvalue weighted by molar-refractivity contribution is -0.116. The second kappa shape index (κ2) is 8.32. The average Bonchev–Trinajstić information content (AvgIpc) is 3.06. The van der Waals surface area contributed by atoms with Gasteiger partial charge in [0, 0.05) is 24.8 Å². The highest BCUT2D eigenvalue weighted by molar-refractivity contribution is 7.89. The Balaban J connectivity index is 1.60. The summed E-state index contributed by atoms with van der Waals surface area (Å²) in [4.78, 5) is 25.0. The molecule has 9 heteroatoms. The molecular weight excluding hydrogens is 418 g/mol. The van der Waals surface area contributed by atoms with Crippen molar-refractivity contribution >= 4 is 32.7 Å². The summed E-state index contributed by atoms with van der Waals surface area (Å²) in [5.41, 5.74) is 3.20. The number of piperidine rings is 1. The number of hydrogen-bond acceptors (Lipinski definition) is 5. The van der Waals surface area contributed by atoms with Gasteiger partial charge >= 0.3 is 5.76 Å². The van der Waals surface area contributed by atoms with Crippen molar-refractivity contribution in [1.29, 1.82) is 0 Å². The van der Waals surface area contributed by atoms with Crippen molar-refractivity contribution in [2.75, 3.05) is 18.4 Å². The molecular formula is C22H25N3O5S. The van der Waals surface area contributed by atoms with Crippen LogP contribution in [0.5, 0.6) is 0 Å². The number of anilines is 1. The molecule has 1 fully saturated rings. The van der Waals surface area contributed by atoms with Crippen molar-refractivity contribution in [1.82, 2.24) is 8.87 Å². The Morgan fingerprint density at radius 2 is 1.84 bits per heavy atom. The van der Waals surface area contributed by atoms with E-state index in [4.69, 9.17) is 4.42 Å².